The van der Waals surface area contributed by atoms with Crippen molar-refractivity contribution in [3.8, 4) is 11.5 Å². The monoisotopic (exact) mass is 888 g/mol. The van der Waals surface area contributed by atoms with E-state index in [1.54, 1.807) is 20.3 Å². The third-order valence-electron chi connectivity index (χ3n) is 10.2. The molecule has 4 aromatic carbocycles. The van der Waals surface area contributed by atoms with Crippen LogP contribution in [0.4, 0.5) is 5.69 Å². The van der Waals surface area contributed by atoms with E-state index in [0.29, 0.717) is 63.9 Å². The van der Waals surface area contributed by atoms with Crippen LogP contribution >= 0.6 is 44.7 Å². The number of hydrogen-bond acceptors (Lipinski definition) is 8. The second-order valence-electron chi connectivity index (χ2n) is 16.2. The van der Waals surface area contributed by atoms with E-state index in [0.717, 1.165) is 50.0 Å². The first kappa shape index (κ1) is 46.4. The van der Waals surface area contributed by atoms with Crippen molar-refractivity contribution in [2.45, 2.75) is 78.8 Å². The fourth-order valence-corrected chi connectivity index (χ4v) is 7.90. The van der Waals surface area contributed by atoms with E-state index in [-0.39, 0.29) is 32.8 Å². The van der Waals surface area contributed by atoms with Gasteiger partial charge < -0.3 is 30.3 Å². The van der Waals surface area contributed by atoms with Crippen LogP contribution in [0.1, 0.15) is 84.8 Å². The standard InChI is InChI=1S/C23H24ClN3O2.C15H15ClN2O.C8H10ClNO.H3P/c1-23(2,3)27-13-18-20(22(27)28)21(15-7-5-6-8-17(15)26-18)25-12-14-9-10-19(29-4)16(24)11-14;1-15(2,3)18-8-11-12(14(18)19)13(16)9-6-4-5-7-10(9)17-11;1-11-8-3-2-6(5-10)4-7(8)9;/h5-11H,12-13H2,1-4H3,(H,25,26);4-7H,8H2,1-3H3;2-4H,5,10H2,1H3;1H3. The minimum atomic E-state index is -0.273. The summed E-state index contributed by atoms with van der Waals surface area (Å²) in [6.45, 7) is 14.3. The van der Waals surface area contributed by atoms with Crippen molar-refractivity contribution in [3.05, 3.63) is 134 Å². The highest BCUT2D eigenvalue weighted by Crippen LogP contribution is 2.38. The van der Waals surface area contributed by atoms with Gasteiger partial charge in [-0.05, 0) is 89.1 Å². The number of pyridine rings is 2. The van der Waals surface area contributed by atoms with Crippen LogP contribution < -0.4 is 20.5 Å². The zero-order valence-corrected chi connectivity index (χ0v) is 38.9. The normalized spacial score (nSPS) is 13.2. The van der Waals surface area contributed by atoms with Crippen LogP contribution in [0.5, 0.6) is 11.5 Å². The van der Waals surface area contributed by atoms with Crippen molar-refractivity contribution in [2.24, 2.45) is 5.73 Å². The Labute approximate surface area is 370 Å². The van der Waals surface area contributed by atoms with E-state index in [4.69, 9.17) is 55.0 Å². The van der Waals surface area contributed by atoms with E-state index in [2.05, 4.69) is 10.3 Å². The van der Waals surface area contributed by atoms with Crippen LogP contribution in [0.2, 0.25) is 15.1 Å². The van der Waals surface area contributed by atoms with Crippen LogP contribution in [0, 0.1) is 0 Å². The smallest absolute Gasteiger partial charge is 0.258 e. The second-order valence-corrected chi connectivity index (χ2v) is 17.4. The third-order valence-corrected chi connectivity index (χ3v) is 11.1. The summed E-state index contributed by atoms with van der Waals surface area (Å²) in [5.41, 5.74) is 12.3. The van der Waals surface area contributed by atoms with Crippen LogP contribution in [-0.2, 0) is 26.2 Å². The molecule has 0 fully saturated rings. The molecule has 3 N–H and O–H groups in total. The molecule has 0 radical (unpaired) electrons. The summed E-state index contributed by atoms with van der Waals surface area (Å²) in [7, 11) is 3.18. The Morgan fingerprint density at radius 1 is 0.667 bits per heavy atom. The third kappa shape index (κ3) is 9.75. The molecule has 2 aromatic heterocycles. The van der Waals surface area contributed by atoms with Gasteiger partial charge in [-0.1, -0.05) is 83.3 Å². The molecular weight excluding hydrogens is 838 g/mol. The van der Waals surface area contributed by atoms with Gasteiger partial charge in [-0.3, -0.25) is 9.59 Å². The molecule has 8 rings (SSSR count). The number of halogens is 3. The zero-order chi connectivity index (χ0) is 42.8. The van der Waals surface area contributed by atoms with Gasteiger partial charge in [0.25, 0.3) is 11.8 Å². The molecule has 316 valence electrons. The predicted molar refractivity (Wildman–Crippen MR) is 250 cm³/mol. The molecule has 14 heteroatoms. The summed E-state index contributed by atoms with van der Waals surface area (Å²) in [5.74, 6) is 1.32. The molecule has 0 aliphatic carbocycles. The number of amides is 2. The van der Waals surface area contributed by atoms with Gasteiger partial charge in [0.15, 0.2) is 0 Å². The number of nitrogens with one attached hydrogen (secondary N) is 1. The number of fused-ring (bicyclic) bond motifs is 4. The molecule has 4 heterocycles. The number of ether oxygens (including phenoxy) is 2. The lowest BCUT2D eigenvalue weighted by Crippen LogP contribution is -2.41. The van der Waals surface area contributed by atoms with Crippen molar-refractivity contribution < 1.29 is 19.1 Å². The van der Waals surface area contributed by atoms with Crippen LogP contribution in [0.15, 0.2) is 84.9 Å². The van der Waals surface area contributed by atoms with E-state index >= 15 is 0 Å². The van der Waals surface area contributed by atoms with Crippen molar-refractivity contribution in [3.63, 3.8) is 0 Å². The maximum Gasteiger partial charge on any atom is 0.258 e. The van der Waals surface area contributed by atoms with Gasteiger partial charge in [-0.2, -0.15) is 9.90 Å². The minimum Gasteiger partial charge on any atom is -0.495 e. The molecule has 1 unspecified atom stereocenters. The number of para-hydroxylation sites is 2. The number of methoxy groups -OCH3 is 2. The molecule has 0 spiro atoms. The lowest BCUT2D eigenvalue weighted by atomic mass is 10.1. The fourth-order valence-electron chi connectivity index (χ4n) is 6.99. The van der Waals surface area contributed by atoms with E-state index < -0.39 is 0 Å². The second kappa shape index (κ2) is 18.9. The first-order chi connectivity index (χ1) is 28.0. The van der Waals surface area contributed by atoms with E-state index in [9.17, 15) is 9.59 Å². The molecule has 0 saturated heterocycles. The van der Waals surface area contributed by atoms with Gasteiger partial charge in [0.05, 0.1) is 81.6 Å². The Balaban J connectivity index is 0.000000189. The van der Waals surface area contributed by atoms with Gasteiger partial charge in [-0.25, -0.2) is 9.97 Å². The minimum absolute atomic E-state index is 0. The quantitative estimate of drug-likeness (QED) is 0.159. The average Bonchev–Trinajstić information content (AvgIpc) is 3.73. The van der Waals surface area contributed by atoms with Crippen molar-refractivity contribution in [1.29, 1.82) is 0 Å². The Morgan fingerprint density at radius 2 is 1.12 bits per heavy atom. The highest BCUT2D eigenvalue weighted by molar-refractivity contribution is 6.92. The summed E-state index contributed by atoms with van der Waals surface area (Å²) in [5, 5.41) is 6.96. The molecule has 0 bridgehead atoms. The number of rotatable bonds is 6. The van der Waals surface area contributed by atoms with Crippen LogP contribution in [0.25, 0.3) is 21.8 Å². The van der Waals surface area contributed by atoms with E-state index in [1.165, 1.54) is 0 Å². The van der Waals surface area contributed by atoms with Crippen molar-refractivity contribution in [2.75, 3.05) is 19.5 Å². The molecule has 6 aromatic rings. The maximum atomic E-state index is 13.3. The lowest BCUT2D eigenvalue weighted by Gasteiger charge is -2.31. The number of anilines is 1. The van der Waals surface area contributed by atoms with Crippen molar-refractivity contribution in [1.82, 2.24) is 19.8 Å². The van der Waals surface area contributed by atoms with Gasteiger partial charge in [0.2, 0.25) is 0 Å². The largest absolute Gasteiger partial charge is 0.495 e. The van der Waals surface area contributed by atoms with E-state index in [1.807, 2.05) is 130 Å². The summed E-state index contributed by atoms with van der Waals surface area (Å²) >= 11 is 18.5. The molecule has 2 amide bonds. The molecule has 10 nitrogen and oxygen atoms in total. The first-order valence-electron chi connectivity index (χ1n) is 19.2. The molecular formula is C46H52Cl3N6O4P. The molecule has 60 heavy (non-hydrogen) atoms. The fraction of sp³-hybridized carbons (Fsp3) is 0.304. The highest BCUT2D eigenvalue weighted by Gasteiger charge is 2.39. The average molecular weight is 890 g/mol. The number of nitrogens with two attached hydrogens (primary N) is 1. The number of carbonyl (C=O) groups is 2. The molecule has 0 saturated carbocycles. The SMILES string of the molecule is CC(C)(C)N1Cc2nc3ccccc3c(Cl)c2C1=O.COc1ccc(CN)cc1Cl.COc1ccc(CNc2c3c(nc4ccccc24)CN(C(C)(C)C)C3=O)cc1Cl.P. The predicted octanol–water partition coefficient (Wildman–Crippen LogP) is 10.8. The Morgan fingerprint density at radius 3 is 1.62 bits per heavy atom. The van der Waals surface area contributed by atoms with Gasteiger partial charge in [-0.15, -0.1) is 0 Å². The zero-order valence-electron chi connectivity index (χ0n) is 35.3. The molecule has 1 atom stereocenters. The topological polar surface area (TPSA) is 123 Å². The first-order valence-corrected chi connectivity index (χ1v) is 20.3. The van der Waals surface area contributed by atoms with Crippen LogP contribution in [-0.4, -0.2) is 56.9 Å². The maximum absolute atomic E-state index is 13.3. The van der Waals surface area contributed by atoms with Crippen LogP contribution in [0.3, 0.4) is 0 Å². The Bertz CT molecular complexity index is 2560. The number of nitrogens with zero attached hydrogens (tertiary/aromatic N) is 4. The van der Waals surface area contributed by atoms with Crippen molar-refractivity contribution >= 4 is 84.0 Å². The Kier molecular flexibility index (Phi) is 14.6. The lowest BCUT2D eigenvalue weighted by molar-refractivity contribution is 0.0599. The number of carbonyl (C=O) groups excluding carboxylic acids is 2. The summed E-state index contributed by atoms with van der Waals surface area (Å²) in [6, 6.07) is 26.8. The van der Waals surface area contributed by atoms with Gasteiger partial charge in [0.1, 0.15) is 11.5 Å². The molecule has 2 aliphatic heterocycles. The highest BCUT2D eigenvalue weighted by atomic mass is 35.5. The number of aromatic nitrogens is 2. The number of hydrogen-bond donors (Lipinski definition) is 2. The summed E-state index contributed by atoms with van der Waals surface area (Å²) < 4.78 is 10.2. The Hall–Kier alpha value is -4.70. The van der Waals surface area contributed by atoms with Gasteiger partial charge in [0, 0.05) is 34.9 Å². The number of benzene rings is 4. The summed E-state index contributed by atoms with van der Waals surface area (Å²) in [4.78, 5) is 38.8. The molecule has 2 aliphatic rings. The van der Waals surface area contributed by atoms with Gasteiger partial charge >= 0.3 is 0 Å². The summed E-state index contributed by atoms with van der Waals surface area (Å²) in [6.07, 6.45) is 0.